The molecule has 2 unspecified atom stereocenters. The standard InChI is InChI=1S/C27H35N3O4/c1-17(2)25(26(31)28-22-11-7-9-18-8-5-6-10-21(18)22)29-27(32)30-13-12-19-14-23(33-3)24(34-4)15-20(19)16-30/h5-6,8,10,14-15,17,22,25H,7,9,11-13,16H2,1-4H3,(H,28,31)(H,29,32). The number of hydrogen-bond acceptors (Lipinski definition) is 4. The van der Waals surface area contributed by atoms with Crippen molar-refractivity contribution in [2.24, 2.45) is 5.92 Å². The van der Waals surface area contributed by atoms with Gasteiger partial charge in [0.25, 0.3) is 0 Å². The monoisotopic (exact) mass is 465 g/mol. The van der Waals surface area contributed by atoms with Gasteiger partial charge in [-0.15, -0.1) is 0 Å². The lowest BCUT2D eigenvalue weighted by Gasteiger charge is -2.33. The molecule has 3 amide bonds. The van der Waals surface area contributed by atoms with Gasteiger partial charge < -0.3 is 25.0 Å². The average Bonchev–Trinajstić information content (AvgIpc) is 2.85. The molecule has 2 aromatic rings. The maximum absolute atomic E-state index is 13.3. The zero-order valence-electron chi connectivity index (χ0n) is 20.5. The van der Waals surface area contributed by atoms with Crippen LogP contribution in [-0.2, 0) is 24.2 Å². The Labute approximate surface area is 201 Å². The molecule has 7 nitrogen and oxygen atoms in total. The molecule has 1 aliphatic carbocycles. The van der Waals surface area contributed by atoms with Crippen molar-refractivity contribution in [3.63, 3.8) is 0 Å². The molecule has 34 heavy (non-hydrogen) atoms. The van der Waals surface area contributed by atoms with E-state index in [9.17, 15) is 9.59 Å². The summed E-state index contributed by atoms with van der Waals surface area (Å²) in [5, 5.41) is 6.21. The fraction of sp³-hybridized carbons (Fsp3) is 0.481. The first-order chi connectivity index (χ1) is 16.4. The van der Waals surface area contributed by atoms with Crippen molar-refractivity contribution in [2.45, 2.75) is 58.2 Å². The first kappa shape index (κ1) is 23.9. The number of methoxy groups -OCH3 is 2. The molecule has 0 saturated heterocycles. The third kappa shape index (κ3) is 4.98. The summed E-state index contributed by atoms with van der Waals surface area (Å²) < 4.78 is 10.8. The summed E-state index contributed by atoms with van der Waals surface area (Å²) >= 11 is 0. The quantitative estimate of drug-likeness (QED) is 0.676. The van der Waals surface area contributed by atoms with E-state index in [0.717, 1.165) is 36.8 Å². The Bertz CT molecular complexity index is 1050. The van der Waals surface area contributed by atoms with Gasteiger partial charge in [0.15, 0.2) is 11.5 Å². The molecule has 1 aliphatic heterocycles. The van der Waals surface area contributed by atoms with Crippen molar-refractivity contribution >= 4 is 11.9 Å². The van der Waals surface area contributed by atoms with Gasteiger partial charge in [0.05, 0.1) is 20.3 Å². The minimum absolute atomic E-state index is 0.0140. The molecule has 4 rings (SSSR count). The maximum Gasteiger partial charge on any atom is 0.318 e. The van der Waals surface area contributed by atoms with E-state index in [1.165, 1.54) is 11.1 Å². The minimum atomic E-state index is -0.603. The highest BCUT2D eigenvalue weighted by Gasteiger charge is 2.31. The van der Waals surface area contributed by atoms with Gasteiger partial charge in [-0.2, -0.15) is 0 Å². The molecule has 2 aliphatic rings. The molecule has 0 aromatic heterocycles. The Morgan fingerprint density at radius 2 is 1.71 bits per heavy atom. The summed E-state index contributed by atoms with van der Waals surface area (Å²) in [5.74, 6) is 1.17. The van der Waals surface area contributed by atoms with Crippen molar-refractivity contribution < 1.29 is 19.1 Å². The molecule has 0 saturated carbocycles. The number of carbonyl (C=O) groups excluding carboxylic acids is 2. The SMILES string of the molecule is COc1cc2c(cc1OC)CN(C(=O)NC(C(=O)NC1CCCc3ccccc31)C(C)C)CC2. The number of nitrogens with zero attached hydrogens (tertiary/aromatic N) is 1. The van der Waals surface area contributed by atoms with Gasteiger partial charge in [-0.3, -0.25) is 4.79 Å². The molecule has 0 fully saturated rings. The predicted molar refractivity (Wildman–Crippen MR) is 131 cm³/mol. The number of ether oxygens (including phenoxy) is 2. The van der Waals surface area contributed by atoms with Gasteiger partial charge >= 0.3 is 6.03 Å². The van der Waals surface area contributed by atoms with Crippen LogP contribution >= 0.6 is 0 Å². The summed E-state index contributed by atoms with van der Waals surface area (Å²) in [6, 6.07) is 11.4. The van der Waals surface area contributed by atoms with Gasteiger partial charge in [-0.05, 0) is 66.0 Å². The van der Waals surface area contributed by atoms with Crippen LogP contribution in [0.3, 0.4) is 0 Å². The number of urea groups is 1. The maximum atomic E-state index is 13.3. The number of fused-ring (bicyclic) bond motifs is 2. The van der Waals surface area contributed by atoms with Crippen molar-refractivity contribution in [2.75, 3.05) is 20.8 Å². The first-order valence-corrected chi connectivity index (χ1v) is 12.1. The summed E-state index contributed by atoms with van der Waals surface area (Å²) in [5.41, 5.74) is 4.66. The number of aryl methyl sites for hydroxylation is 1. The second kappa shape index (κ2) is 10.4. The molecule has 2 N–H and O–H groups in total. The number of amides is 3. The van der Waals surface area contributed by atoms with Crippen LogP contribution in [0.4, 0.5) is 4.79 Å². The van der Waals surface area contributed by atoms with E-state index in [4.69, 9.17) is 9.47 Å². The van der Waals surface area contributed by atoms with Gasteiger partial charge in [0, 0.05) is 13.1 Å². The van der Waals surface area contributed by atoms with Crippen LogP contribution < -0.4 is 20.1 Å². The summed E-state index contributed by atoms with van der Waals surface area (Å²) in [7, 11) is 3.23. The van der Waals surface area contributed by atoms with Crippen molar-refractivity contribution in [1.82, 2.24) is 15.5 Å². The van der Waals surface area contributed by atoms with E-state index in [1.807, 2.05) is 38.1 Å². The van der Waals surface area contributed by atoms with E-state index in [-0.39, 0.29) is 23.9 Å². The van der Waals surface area contributed by atoms with Crippen molar-refractivity contribution in [1.29, 1.82) is 0 Å². The number of hydrogen-bond donors (Lipinski definition) is 2. The fourth-order valence-corrected chi connectivity index (χ4v) is 4.98. The molecule has 0 radical (unpaired) electrons. The highest BCUT2D eigenvalue weighted by atomic mass is 16.5. The second-order valence-electron chi connectivity index (χ2n) is 9.47. The van der Waals surface area contributed by atoms with E-state index >= 15 is 0 Å². The number of nitrogens with one attached hydrogen (secondary N) is 2. The molecule has 1 heterocycles. The highest BCUT2D eigenvalue weighted by molar-refractivity contribution is 5.87. The molecule has 2 aromatic carbocycles. The van der Waals surface area contributed by atoms with Gasteiger partial charge in [-0.1, -0.05) is 38.1 Å². The van der Waals surface area contributed by atoms with Crippen LogP contribution in [0.1, 0.15) is 55.0 Å². The highest BCUT2D eigenvalue weighted by Crippen LogP contribution is 2.33. The van der Waals surface area contributed by atoms with Crippen LogP contribution in [0.5, 0.6) is 11.5 Å². The lowest BCUT2D eigenvalue weighted by atomic mass is 9.87. The minimum Gasteiger partial charge on any atom is -0.493 e. The zero-order chi connectivity index (χ0) is 24.2. The van der Waals surface area contributed by atoms with E-state index < -0.39 is 6.04 Å². The summed E-state index contributed by atoms with van der Waals surface area (Å²) in [6.07, 6.45) is 3.72. The van der Waals surface area contributed by atoms with Crippen LogP contribution in [0.25, 0.3) is 0 Å². The van der Waals surface area contributed by atoms with E-state index in [0.29, 0.717) is 24.6 Å². The molecule has 0 bridgehead atoms. The number of rotatable bonds is 6. The van der Waals surface area contributed by atoms with E-state index in [2.05, 4.69) is 22.8 Å². The Morgan fingerprint density at radius 1 is 1.00 bits per heavy atom. The topological polar surface area (TPSA) is 79.9 Å². The van der Waals surface area contributed by atoms with Gasteiger partial charge in [-0.25, -0.2) is 4.79 Å². The molecule has 2 atom stereocenters. The molecule has 0 spiro atoms. The first-order valence-electron chi connectivity index (χ1n) is 12.1. The second-order valence-corrected chi connectivity index (χ2v) is 9.47. The predicted octanol–water partition coefficient (Wildman–Crippen LogP) is 3.99. The molecular weight excluding hydrogens is 430 g/mol. The summed E-state index contributed by atoms with van der Waals surface area (Å²) in [4.78, 5) is 28.2. The number of benzene rings is 2. The lowest BCUT2D eigenvalue weighted by molar-refractivity contribution is -0.124. The molecular formula is C27H35N3O4. The fourth-order valence-electron chi connectivity index (χ4n) is 4.98. The van der Waals surface area contributed by atoms with Crippen molar-refractivity contribution in [3.8, 4) is 11.5 Å². The normalized spacial score (nSPS) is 17.9. The Morgan fingerprint density at radius 3 is 2.41 bits per heavy atom. The largest absolute Gasteiger partial charge is 0.493 e. The third-order valence-corrected chi connectivity index (χ3v) is 6.92. The zero-order valence-corrected chi connectivity index (χ0v) is 20.5. The average molecular weight is 466 g/mol. The molecule has 182 valence electrons. The smallest absolute Gasteiger partial charge is 0.318 e. The van der Waals surface area contributed by atoms with Crippen LogP contribution in [0.15, 0.2) is 36.4 Å². The van der Waals surface area contributed by atoms with Crippen molar-refractivity contribution in [3.05, 3.63) is 58.7 Å². The Kier molecular flexibility index (Phi) is 7.29. The third-order valence-electron chi connectivity index (χ3n) is 6.92. The van der Waals surface area contributed by atoms with Crippen LogP contribution in [0.2, 0.25) is 0 Å². The van der Waals surface area contributed by atoms with Crippen LogP contribution in [-0.4, -0.2) is 43.6 Å². The Balaban J connectivity index is 1.43. The van der Waals surface area contributed by atoms with E-state index in [1.54, 1.807) is 19.1 Å². The van der Waals surface area contributed by atoms with Gasteiger partial charge in [0.2, 0.25) is 5.91 Å². The Hall–Kier alpha value is -3.22. The lowest BCUT2D eigenvalue weighted by Crippen LogP contribution is -2.54. The number of carbonyl (C=O) groups is 2. The molecule has 7 heteroatoms. The van der Waals surface area contributed by atoms with Crippen LogP contribution in [0, 0.1) is 5.92 Å². The van der Waals surface area contributed by atoms with Gasteiger partial charge in [0.1, 0.15) is 6.04 Å². The summed E-state index contributed by atoms with van der Waals surface area (Å²) in [6.45, 7) is 4.96.